The van der Waals surface area contributed by atoms with Crippen LogP contribution in [0.2, 0.25) is 0 Å². The van der Waals surface area contributed by atoms with Gasteiger partial charge in [-0.05, 0) is 23.9 Å². The summed E-state index contributed by atoms with van der Waals surface area (Å²) in [5.41, 5.74) is 8.36. The number of H-pyrrole nitrogens is 1. The Labute approximate surface area is 172 Å². The molecule has 2 heterocycles. The maximum Gasteiger partial charge on any atom is 0.330 e. The molecule has 160 valence electrons. The van der Waals surface area contributed by atoms with E-state index in [9.17, 15) is 14.7 Å². The van der Waals surface area contributed by atoms with E-state index in [1.807, 2.05) is 30.3 Å². The number of nitrogens with zero attached hydrogens (tertiary/aromatic N) is 4. The third-order valence-corrected chi connectivity index (χ3v) is 5.23. The van der Waals surface area contributed by atoms with E-state index in [4.69, 9.17) is 15.0 Å². The number of ether oxygens (including phenoxy) is 2. The summed E-state index contributed by atoms with van der Waals surface area (Å²) in [6, 6.07) is 10.9. The van der Waals surface area contributed by atoms with E-state index >= 15 is 0 Å². The topological polar surface area (TPSA) is 142 Å². The van der Waals surface area contributed by atoms with Crippen LogP contribution in [0.1, 0.15) is 31.6 Å². The minimum Gasteiger partial charge on any atom is -0.390 e. The number of nitrogens with one attached hydrogen (secondary N) is 1. The van der Waals surface area contributed by atoms with E-state index in [1.165, 1.54) is 16.8 Å². The molecular weight excluding hydrogens is 390 g/mol. The molecule has 0 spiro atoms. The van der Waals surface area contributed by atoms with E-state index < -0.39 is 41.7 Å². The van der Waals surface area contributed by atoms with Crippen LogP contribution in [0.15, 0.2) is 57.3 Å². The summed E-state index contributed by atoms with van der Waals surface area (Å²) in [4.78, 5) is 28.5. The van der Waals surface area contributed by atoms with E-state index in [2.05, 4.69) is 15.0 Å². The molecule has 1 aromatic heterocycles. The number of hydrogen-bond acceptors (Lipinski definition) is 6. The van der Waals surface area contributed by atoms with Crippen LogP contribution in [-0.4, -0.2) is 39.5 Å². The number of hydrogen-bond donors (Lipinski definition) is 2. The van der Waals surface area contributed by atoms with Gasteiger partial charge in [0.05, 0.1) is 18.8 Å². The van der Waals surface area contributed by atoms with Gasteiger partial charge in [0.1, 0.15) is 12.3 Å². The molecule has 2 N–H and O–H groups in total. The number of benzene rings is 1. The first-order valence-electron chi connectivity index (χ1n) is 9.82. The average Bonchev–Trinajstić information content (AvgIpc) is 3.03. The minimum atomic E-state index is -0.880. The molecule has 1 fully saturated rings. The predicted octanol–water partition coefficient (Wildman–Crippen LogP) is 2.11. The number of aliphatic hydroxyl groups excluding tert-OH is 1. The van der Waals surface area contributed by atoms with Gasteiger partial charge in [-0.15, -0.1) is 0 Å². The summed E-state index contributed by atoms with van der Waals surface area (Å²) in [7, 11) is 0. The first kappa shape index (κ1) is 21.8. The molecule has 1 aliphatic heterocycles. The standard InChI is InChI=1S/C20H25N5O5/c1-13-17(27)18(30-19(13)25-11-9-16(26)23-20(25)28)15(8-5-10-22-24-21)29-12-14-6-3-2-4-7-14/h2-4,6-7,9,11,13,15,17-19,27H,5,8,10,12H2,1H3,(H,23,26,28)/t13-,15+,17?,18+,19+/m0/s1. The van der Waals surface area contributed by atoms with Crippen molar-refractivity contribution in [3.8, 4) is 0 Å². The van der Waals surface area contributed by atoms with Crippen LogP contribution in [-0.2, 0) is 16.1 Å². The zero-order valence-electron chi connectivity index (χ0n) is 16.6. The van der Waals surface area contributed by atoms with Crippen molar-refractivity contribution in [2.24, 2.45) is 11.0 Å². The van der Waals surface area contributed by atoms with E-state index in [0.717, 1.165) is 5.56 Å². The summed E-state index contributed by atoms with van der Waals surface area (Å²) < 4.78 is 13.4. The van der Waals surface area contributed by atoms with Gasteiger partial charge in [-0.1, -0.05) is 42.4 Å². The molecule has 10 nitrogen and oxygen atoms in total. The largest absolute Gasteiger partial charge is 0.390 e. The van der Waals surface area contributed by atoms with Gasteiger partial charge in [0, 0.05) is 29.6 Å². The summed E-state index contributed by atoms with van der Waals surface area (Å²) in [5.74, 6) is -0.404. The molecule has 1 aromatic carbocycles. The second-order valence-electron chi connectivity index (χ2n) is 7.29. The van der Waals surface area contributed by atoms with Crippen LogP contribution < -0.4 is 11.2 Å². The van der Waals surface area contributed by atoms with Gasteiger partial charge in [-0.3, -0.25) is 14.3 Å². The average molecular weight is 415 g/mol. The van der Waals surface area contributed by atoms with Crippen LogP contribution in [0.5, 0.6) is 0 Å². The van der Waals surface area contributed by atoms with Gasteiger partial charge in [0.15, 0.2) is 0 Å². The maximum atomic E-state index is 12.2. The smallest absolute Gasteiger partial charge is 0.330 e. The monoisotopic (exact) mass is 415 g/mol. The highest BCUT2D eigenvalue weighted by Crippen LogP contribution is 2.36. The molecule has 5 atom stereocenters. The molecule has 10 heteroatoms. The molecule has 0 amide bonds. The molecule has 0 saturated carbocycles. The fraction of sp³-hybridized carbons (Fsp3) is 0.500. The van der Waals surface area contributed by atoms with Crippen molar-refractivity contribution in [1.29, 1.82) is 0 Å². The SMILES string of the molecule is C[C@H]1C(O)[C@@H]([C@@H](CCCN=[N+]=[N-])OCc2ccccc2)O[C@H]1n1ccc(=O)[nH]c1=O. The van der Waals surface area contributed by atoms with Crippen molar-refractivity contribution in [2.75, 3.05) is 6.54 Å². The molecule has 0 bridgehead atoms. The van der Waals surface area contributed by atoms with Crippen molar-refractivity contribution >= 4 is 0 Å². The first-order chi connectivity index (χ1) is 14.5. The third kappa shape index (κ3) is 5.17. The van der Waals surface area contributed by atoms with Crippen LogP contribution in [0, 0.1) is 5.92 Å². The number of rotatable bonds is 9. The Morgan fingerprint density at radius 3 is 2.80 bits per heavy atom. The number of azide groups is 1. The Morgan fingerprint density at radius 1 is 1.33 bits per heavy atom. The van der Waals surface area contributed by atoms with E-state index in [-0.39, 0.29) is 0 Å². The molecule has 1 unspecified atom stereocenters. The lowest BCUT2D eigenvalue weighted by molar-refractivity contribution is -0.115. The first-order valence-corrected chi connectivity index (χ1v) is 9.82. The number of aliphatic hydroxyl groups is 1. The van der Waals surface area contributed by atoms with Gasteiger partial charge in [-0.25, -0.2) is 4.79 Å². The lowest BCUT2D eigenvalue weighted by atomic mass is 9.96. The van der Waals surface area contributed by atoms with Crippen molar-refractivity contribution in [3.63, 3.8) is 0 Å². The highest BCUT2D eigenvalue weighted by atomic mass is 16.6. The van der Waals surface area contributed by atoms with Crippen LogP contribution in [0.25, 0.3) is 10.4 Å². The Bertz CT molecular complexity index is 985. The zero-order valence-corrected chi connectivity index (χ0v) is 16.6. The molecular formula is C20H25N5O5. The van der Waals surface area contributed by atoms with Crippen LogP contribution in [0.4, 0.5) is 0 Å². The van der Waals surface area contributed by atoms with Gasteiger partial charge < -0.3 is 14.6 Å². The Kier molecular flexibility index (Phi) is 7.42. The molecule has 1 aliphatic rings. The van der Waals surface area contributed by atoms with Crippen molar-refractivity contribution in [2.45, 2.75) is 50.9 Å². The van der Waals surface area contributed by atoms with Gasteiger partial charge in [0.2, 0.25) is 0 Å². The predicted molar refractivity (Wildman–Crippen MR) is 109 cm³/mol. The number of aromatic amines is 1. The van der Waals surface area contributed by atoms with Crippen LogP contribution in [0.3, 0.4) is 0 Å². The lowest BCUT2D eigenvalue weighted by Crippen LogP contribution is -2.38. The quantitative estimate of drug-likeness (QED) is 0.279. The highest BCUT2D eigenvalue weighted by molar-refractivity contribution is 5.13. The van der Waals surface area contributed by atoms with Gasteiger partial charge in [0.25, 0.3) is 5.56 Å². The zero-order chi connectivity index (χ0) is 21.5. The number of aromatic nitrogens is 2. The lowest BCUT2D eigenvalue weighted by Gasteiger charge is -2.26. The Hall–Kier alpha value is -2.91. The fourth-order valence-electron chi connectivity index (χ4n) is 3.62. The second-order valence-corrected chi connectivity index (χ2v) is 7.29. The Balaban J connectivity index is 1.77. The van der Waals surface area contributed by atoms with Gasteiger partial charge in [-0.2, -0.15) is 0 Å². The summed E-state index contributed by atoms with van der Waals surface area (Å²) in [5, 5.41) is 14.4. The van der Waals surface area contributed by atoms with Crippen molar-refractivity contribution in [1.82, 2.24) is 9.55 Å². The maximum absolute atomic E-state index is 12.2. The molecule has 0 radical (unpaired) electrons. The molecule has 30 heavy (non-hydrogen) atoms. The fourth-order valence-corrected chi connectivity index (χ4v) is 3.62. The van der Waals surface area contributed by atoms with Crippen molar-refractivity contribution in [3.05, 3.63) is 79.4 Å². The molecule has 2 aromatic rings. The molecule has 3 rings (SSSR count). The minimum absolute atomic E-state index is 0.308. The van der Waals surface area contributed by atoms with Crippen molar-refractivity contribution < 1.29 is 14.6 Å². The summed E-state index contributed by atoms with van der Waals surface area (Å²) >= 11 is 0. The normalized spacial score (nSPS) is 24.3. The molecule has 0 aliphatic carbocycles. The highest BCUT2D eigenvalue weighted by Gasteiger charge is 2.46. The van der Waals surface area contributed by atoms with E-state index in [0.29, 0.717) is 26.0 Å². The second kappa shape index (κ2) is 10.2. The summed E-state index contributed by atoms with van der Waals surface area (Å²) in [6.45, 7) is 2.42. The van der Waals surface area contributed by atoms with Gasteiger partial charge >= 0.3 is 5.69 Å². The Morgan fingerprint density at radius 2 is 2.10 bits per heavy atom. The third-order valence-electron chi connectivity index (χ3n) is 5.23. The molecule has 1 saturated heterocycles. The van der Waals surface area contributed by atoms with Crippen LogP contribution >= 0.6 is 0 Å². The summed E-state index contributed by atoms with van der Waals surface area (Å²) in [6.07, 6.45) is -0.345. The van der Waals surface area contributed by atoms with E-state index in [1.54, 1.807) is 6.92 Å².